The van der Waals surface area contributed by atoms with E-state index in [9.17, 15) is 14.7 Å². The number of aromatic nitrogens is 4. The summed E-state index contributed by atoms with van der Waals surface area (Å²) in [6, 6.07) is 22.8. The highest BCUT2D eigenvalue weighted by molar-refractivity contribution is 7.22. The van der Waals surface area contributed by atoms with Crippen molar-refractivity contribution in [2.24, 2.45) is 22.0 Å². The van der Waals surface area contributed by atoms with Crippen LogP contribution in [-0.4, -0.2) is 55.9 Å². The molecule has 4 fully saturated rings. The fourth-order valence-corrected chi connectivity index (χ4v) is 12.3. The second kappa shape index (κ2) is 12.5. The number of pyridine rings is 1. The number of rotatable bonds is 10. The summed E-state index contributed by atoms with van der Waals surface area (Å²) < 4.78 is 7.62. The Bertz CT molecular complexity index is 2440. The molecule has 1 amide bonds. The Morgan fingerprint density at radius 3 is 2.50 bits per heavy atom. The van der Waals surface area contributed by atoms with Crippen LogP contribution in [0.2, 0.25) is 0 Å². The van der Waals surface area contributed by atoms with Crippen molar-refractivity contribution in [2.45, 2.75) is 71.3 Å². The number of fused-ring (bicyclic) bond motifs is 2. The molecule has 10 nitrogen and oxygen atoms in total. The fourth-order valence-electron chi connectivity index (χ4n) is 11.5. The van der Waals surface area contributed by atoms with Crippen molar-refractivity contribution in [3.8, 4) is 22.4 Å². The number of benzene rings is 3. The molecule has 276 valence electrons. The average molecular weight is 741 g/mol. The van der Waals surface area contributed by atoms with Gasteiger partial charge in [0.25, 0.3) is 5.91 Å². The number of carboxylic acids is 1. The summed E-state index contributed by atoms with van der Waals surface area (Å²) in [7, 11) is 0. The second-order valence-electron chi connectivity index (χ2n) is 16.9. The van der Waals surface area contributed by atoms with Crippen molar-refractivity contribution in [1.29, 1.82) is 0 Å². The molecule has 10 rings (SSSR count). The fraction of sp³-hybridized carbons (Fsp3) is 0.372. The van der Waals surface area contributed by atoms with Crippen LogP contribution in [0.15, 0.2) is 72.8 Å². The molecular weight excluding hydrogens is 697 g/mol. The second-order valence-corrected chi connectivity index (χ2v) is 18.0. The number of carboxylic acid groups (broad SMARTS) is 1. The molecule has 4 bridgehead atoms. The Kier molecular flexibility index (Phi) is 8.08. The maximum absolute atomic E-state index is 13.6. The number of hydrogen-bond acceptors (Lipinski definition) is 8. The van der Waals surface area contributed by atoms with Gasteiger partial charge in [0.2, 0.25) is 0 Å². The van der Waals surface area contributed by atoms with E-state index in [0.717, 1.165) is 76.5 Å². The van der Waals surface area contributed by atoms with Crippen molar-refractivity contribution in [3.63, 3.8) is 0 Å². The summed E-state index contributed by atoms with van der Waals surface area (Å²) in [5.74, 6) is -1.38. The van der Waals surface area contributed by atoms with Gasteiger partial charge in [-0.2, -0.15) is 5.10 Å². The first-order chi connectivity index (χ1) is 25.9. The van der Waals surface area contributed by atoms with E-state index in [1.807, 2.05) is 73.7 Å². The van der Waals surface area contributed by atoms with Crippen LogP contribution in [0.4, 0.5) is 5.13 Å². The van der Waals surface area contributed by atoms with Gasteiger partial charge < -0.3 is 15.6 Å². The van der Waals surface area contributed by atoms with Crippen LogP contribution in [0.25, 0.3) is 43.4 Å². The van der Waals surface area contributed by atoms with E-state index >= 15 is 0 Å². The minimum absolute atomic E-state index is 0.0118. The Morgan fingerprint density at radius 1 is 0.944 bits per heavy atom. The van der Waals surface area contributed by atoms with E-state index in [1.165, 1.54) is 17.8 Å². The average Bonchev–Trinajstić information content (AvgIpc) is 3.69. The van der Waals surface area contributed by atoms with Crippen LogP contribution < -0.4 is 11.1 Å². The maximum atomic E-state index is 13.6. The predicted molar refractivity (Wildman–Crippen MR) is 212 cm³/mol. The summed E-state index contributed by atoms with van der Waals surface area (Å²) in [5.41, 5.74) is 11.6. The van der Waals surface area contributed by atoms with Crippen LogP contribution in [-0.2, 0) is 11.2 Å². The number of carbonyl (C=O) groups excluding carboxylic acids is 1. The van der Waals surface area contributed by atoms with Gasteiger partial charge in [-0.3, -0.25) is 15.2 Å². The van der Waals surface area contributed by atoms with Gasteiger partial charge in [-0.05, 0) is 115 Å². The van der Waals surface area contributed by atoms with Crippen molar-refractivity contribution < 1.29 is 19.4 Å². The van der Waals surface area contributed by atoms with Gasteiger partial charge in [-0.15, -0.1) is 0 Å². The number of nitrogens with two attached hydrogens (primary N) is 1. The van der Waals surface area contributed by atoms with Crippen molar-refractivity contribution in [1.82, 2.24) is 20.2 Å². The molecule has 4 aliphatic carbocycles. The Labute approximate surface area is 317 Å². The lowest BCUT2D eigenvalue weighted by Gasteiger charge is -2.69. The van der Waals surface area contributed by atoms with E-state index in [0.29, 0.717) is 40.7 Å². The first-order valence-corrected chi connectivity index (χ1v) is 19.5. The number of nitrogens with one attached hydrogen (secondary N) is 2. The zero-order chi connectivity index (χ0) is 37.5. The SMILES string of the molecule is Cc1[nH]nc(CC23CC4(C)CC(C)(C2)CC(OCCN)(C4)C3)c1-c1ccc(-c2ccc3cccc(C(=O)Nc4nc5ccccc5s4)c3c2)nc1C(=O)O. The molecule has 4 aliphatic rings. The summed E-state index contributed by atoms with van der Waals surface area (Å²) >= 11 is 1.42. The molecular formula is C43H44N6O4S. The highest BCUT2D eigenvalue weighted by Gasteiger charge is 2.66. The normalized spacial score (nSPS) is 25.8. The number of para-hydroxylation sites is 1. The number of aromatic amines is 1. The Hall–Kier alpha value is -4.97. The highest BCUT2D eigenvalue weighted by Crippen LogP contribution is 2.72. The number of aryl methyl sites for hydroxylation is 1. The first-order valence-electron chi connectivity index (χ1n) is 18.7. The van der Waals surface area contributed by atoms with Crippen LogP contribution in [0.3, 0.4) is 0 Å². The summed E-state index contributed by atoms with van der Waals surface area (Å²) in [5, 5.41) is 23.7. The monoisotopic (exact) mass is 740 g/mol. The molecule has 2 unspecified atom stereocenters. The number of carbonyl (C=O) groups is 2. The lowest BCUT2D eigenvalue weighted by molar-refractivity contribution is -0.243. The van der Waals surface area contributed by atoms with Crippen LogP contribution in [0.1, 0.15) is 84.6 Å². The minimum atomic E-state index is -1.11. The molecule has 0 aliphatic heterocycles. The molecule has 2 atom stereocenters. The van der Waals surface area contributed by atoms with Crippen molar-refractivity contribution in [3.05, 3.63) is 95.4 Å². The lowest BCUT2D eigenvalue weighted by atomic mass is 9.38. The van der Waals surface area contributed by atoms with E-state index in [1.54, 1.807) is 6.07 Å². The zero-order valence-electron chi connectivity index (χ0n) is 30.8. The number of amides is 1. The molecule has 3 heterocycles. The van der Waals surface area contributed by atoms with Gasteiger partial charge in [0.15, 0.2) is 10.8 Å². The van der Waals surface area contributed by atoms with Crippen LogP contribution in [0, 0.1) is 23.2 Å². The highest BCUT2D eigenvalue weighted by atomic mass is 32.1. The summed E-state index contributed by atoms with van der Waals surface area (Å²) in [6.07, 6.45) is 7.20. The summed E-state index contributed by atoms with van der Waals surface area (Å²) in [6.45, 7) is 7.86. The molecule has 54 heavy (non-hydrogen) atoms. The minimum Gasteiger partial charge on any atom is -0.476 e. The van der Waals surface area contributed by atoms with Crippen molar-refractivity contribution in [2.75, 3.05) is 18.5 Å². The van der Waals surface area contributed by atoms with E-state index in [2.05, 4.69) is 29.2 Å². The van der Waals surface area contributed by atoms with E-state index < -0.39 is 5.97 Å². The summed E-state index contributed by atoms with van der Waals surface area (Å²) in [4.78, 5) is 35.9. The number of aromatic carboxylic acids is 1. The van der Waals surface area contributed by atoms with Gasteiger partial charge in [0, 0.05) is 34.5 Å². The Morgan fingerprint density at radius 2 is 1.74 bits per heavy atom. The molecule has 6 aromatic rings. The molecule has 3 aromatic heterocycles. The largest absolute Gasteiger partial charge is 0.476 e. The van der Waals surface area contributed by atoms with Gasteiger partial charge in [0.1, 0.15) is 0 Å². The quantitative estimate of drug-likeness (QED) is 0.109. The number of nitrogens with zero attached hydrogens (tertiary/aromatic N) is 3. The number of hydrogen-bond donors (Lipinski definition) is 4. The predicted octanol–water partition coefficient (Wildman–Crippen LogP) is 8.80. The molecule has 5 N–H and O–H groups in total. The van der Waals surface area contributed by atoms with Gasteiger partial charge in [0.05, 0.1) is 33.8 Å². The molecule has 3 aromatic carbocycles. The van der Waals surface area contributed by atoms with Crippen molar-refractivity contribution >= 4 is 49.3 Å². The Balaban J connectivity index is 1.05. The first kappa shape index (κ1) is 34.8. The van der Waals surface area contributed by atoms with Crippen LogP contribution >= 0.6 is 11.3 Å². The molecule has 11 heteroatoms. The van der Waals surface area contributed by atoms with Gasteiger partial charge in [-0.1, -0.05) is 61.6 Å². The number of thiazole rings is 1. The third-order valence-corrected chi connectivity index (χ3v) is 13.0. The maximum Gasteiger partial charge on any atom is 0.355 e. The smallest absolute Gasteiger partial charge is 0.355 e. The number of H-pyrrole nitrogens is 1. The van der Waals surface area contributed by atoms with E-state index in [4.69, 9.17) is 20.6 Å². The zero-order valence-corrected chi connectivity index (χ0v) is 31.6. The molecule has 0 saturated heterocycles. The lowest BCUT2D eigenvalue weighted by Crippen LogP contribution is -2.64. The molecule has 0 radical (unpaired) electrons. The third kappa shape index (κ3) is 5.99. The third-order valence-electron chi connectivity index (χ3n) is 12.0. The van der Waals surface area contributed by atoms with Crippen LogP contribution in [0.5, 0.6) is 0 Å². The van der Waals surface area contributed by atoms with Gasteiger partial charge >= 0.3 is 5.97 Å². The number of anilines is 1. The standard InChI is InChI=1S/C43H44N6O4S/c1-25-35(33(49-48-25)18-42-20-40(2)19-41(3,21-42)23-43(22-40,24-42)53-16-15-44)29-13-14-31(45-36(29)38(51)52)27-12-11-26-7-6-8-28(30(26)17-27)37(50)47-39-46-32-9-4-5-10-34(32)54-39/h4-14,17H,15-16,18-24,44H2,1-3H3,(H,48,49)(H,51,52)(H,46,47,50). The number of ether oxygens (including phenoxy) is 1. The molecule has 4 saturated carbocycles. The van der Waals surface area contributed by atoms with Gasteiger partial charge in [-0.25, -0.2) is 14.8 Å². The molecule has 0 spiro atoms. The topological polar surface area (TPSA) is 156 Å². The van der Waals surface area contributed by atoms with E-state index in [-0.39, 0.29) is 33.4 Å².